The van der Waals surface area contributed by atoms with Gasteiger partial charge in [0, 0.05) is 19.0 Å². The molecule has 4 aromatic carbocycles. The zero-order valence-corrected chi connectivity index (χ0v) is 27.5. The Labute approximate surface area is 268 Å². The first-order chi connectivity index (χ1) is 21.5. The molecule has 45 heavy (non-hydrogen) atoms. The van der Waals surface area contributed by atoms with E-state index in [0.29, 0.717) is 5.69 Å². The molecule has 236 valence electrons. The summed E-state index contributed by atoms with van der Waals surface area (Å²) in [4.78, 5) is 30.0. The summed E-state index contributed by atoms with van der Waals surface area (Å²) in [6, 6.07) is 31.6. The summed E-state index contributed by atoms with van der Waals surface area (Å²) in [5.74, 6) is -0.525. The number of carbonyl (C=O) groups excluding carboxylic acids is 2. The van der Waals surface area contributed by atoms with Crippen LogP contribution in [0, 0.1) is 6.92 Å². The molecule has 1 atom stereocenters. The highest BCUT2D eigenvalue weighted by Gasteiger charge is 2.35. The number of rotatable bonds is 13. The lowest BCUT2D eigenvalue weighted by atomic mass is 10.0. The molecule has 0 aliphatic rings. The molecular formula is C37H43N3O4S. The maximum atomic E-state index is 14.6. The van der Waals surface area contributed by atoms with Crippen LogP contribution in [0.5, 0.6) is 0 Å². The zero-order chi connectivity index (χ0) is 32.6. The molecule has 1 N–H and O–H groups in total. The maximum absolute atomic E-state index is 14.6. The first-order valence-corrected chi connectivity index (χ1v) is 16.8. The molecule has 0 fully saturated rings. The molecule has 0 spiro atoms. The molecule has 0 aliphatic carbocycles. The third-order valence-electron chi connectivity index (χ3n) is 7.76. The van der Waals surface area contributed by atoms with Crippen LogP contribution in [-0.4, -0.2) is 43.8 Å². The fraction of sp³-hybridized carbons (Fsp3) is 0.297. The standard InChI is InChI=1S/C37H43N3O4S/c1-27(2)31-20-22-33(23-21-31)40(45(43,44)34-18-10-7-11-19-34)26-36(41)39(25-32-17-13-12-14-29(32)5)35(37(42)38-28(3)4)24-30-15-8-6-9-16-30/h6-23,27-28,35H,24-26H2,1-5H3,(H,38,42)/t35-/m0/s1. The Hall–Kier alpha value is -4.43. The van der Waals surface area contributed by atoms with Crippen LogP contribution in [0.15, 0.2) is 114 Å². The number of carbonyl (C=O) groups is 2. The van der Waals surface area contributed by atoms with Gasteiger partial charge in [0.25, 0.3) is 10.0 Å². The third kappa shape index (κ3) is 8.60. The molecule has 0 unspecified atom stereocenters. The predicted octanol–water partition coefficient (Wildman–Crippen LogP) is 6.48. The van der Waals surface area contributed by atoms with Crippen molar-refractivity contribution in [3.63, 3.8) is 0 Å². The van der Waals surface area contributed by atoms with Crippen LogP contribution >= 0.6 is 0 Å². The van der Waals surface area contributed by atoms with Crippen LogP contribution in [0.3, 0.4) is 0 Å². The Morgan fingerprint density at radius 3 is 1.91 bits per heavy atom. The number of nitrogens with one attached hydrogen (secondary N) is 1. The van der Waals surface area contributed by atoms with E-state index in [4.69, 9.17) is 0 Å². The van der Waals surface area contributed by atoms with Gasteiger partial charge in [-0.1, -0.05) is 98.8 Å². The highest BCUT2D eigenvalue weighted by Crippen LogP contribution is 2.27. The van der Waals surface area contributed by atoms with E-state index in [1.165, 1.54) is 17.0 Å². The van der Waals surface area contributed by atoms with Gasteiger partial charge in [0.15, 0.2) is 0 Å². The van der Waals surface area contributed by atoms with Crippen molar-refractivity contribution in [2.75, 3.05) is 10.8 Å². The highest BCUT2D eigenvalue weighted by molar-refractivity contribution is 7.92. The Kier molecular flexibility index (Phi) is 11.2. The number of amides is 2. The molecule has 4 aromatic rings. The molecule has 0 saturated heterocycles. The van der Waals surface area contributed by atoms with Gasteiger partial charge in [0.05, 0.1) is 10.6 Å². The molecule has 0 saturated carbocycles. The van der Waals surface area contributed by atoms with Gasteiger partial charge in [-0.3, -0.25) is 13.9 Å². The van der Waals surface area contributed by atoms with Crippen molar-refractivity contribution >= 4 is 27.5 Å². The predicted molar refractivity (Wildman–Crippen MR) is 180 cm³/mol. The lowest BCUT2D eigenvalue weighted by Crippen LogP contribution is -2.54. The van der Waals surface area contributed by atoms with Crippen molar-refractivity contribution in [1.82, 2.24) is 10.2 Å². The number of hydrogen-bond acceptors (Lipinski definition) is 4. The Balaban J connectivity index is 1.81. The first kappa shape index (κ1) is 33.5. The highest BCUT2D eigenvalue weighted by atomic mass is 32.2. The lowest BCUT2D eigenvalue weighted by molar-refractivity contribution is -0.140. The normalized spacial score (nSPS) is 12.2. The SMILES string of the molecule is Cc1ccccc1CN(C(=O)CN(c1ccc(C(C)C)cc1)S(=O)(=O)c1ccccc1)[C@@H](Cc1ccccc1)C(=O)NC(C)C. The smallest absolute Gasteiger partial charge is 0.264 e. The second kappa shape index (κ2) is 15.0. The molecule has 0 aromatic heterocycles. The molecule has 7 nitrogen and oxygen atoms in total. The van der Waals surface area contributed by atoms with Crippen LogP contribution < -0.4 is 9.62 Å². The van der Waals surface area contributed by atoms with Crippen molar-refractivity contribution in [2.24, 2.45) is 0 Å². The van der Waals surface area contributed by atoms with E-state index in [1.807, 2.05) is 87.5 Å². The van der Waals surface area contributed by atoms with Crippen molar-refractivity contribution in [1.29, 1.82) is 0 Å². The van der Waals surface area contributed by atoms with Crippen molar-refractivity contribution in [3.8, 4) is 0 Å². The fourth-order valence-corrected chi connectivity index (χ4v) is 6.61. The number of anilines is 1. The van der Waals surface area contributed by atoms with E-state index >= 15 is 0 Å². The van der Waals surface area contributed by atoms with Crippen LogP contribution in [0.4, 0.5) is 5.69 Å². The van der Waals surface area contributed by atoms with Crippen molar-refractivity contribution in [2.45, 2.75) is 70.5 Å². The van der Waals surface area contributed by atoms with E-state index in [-0.39, 0.29) is 35.7 Å². The number of aryl methyl sites for hydroxylation is 1. The summed E-state index contributed by atoms with van der Waals surface area (Å²) in [6.45, 7) is 9.50. The summed E-state index contributed by atoms with van der Waals surface area (Å²) in [5.41, 5.74) is 4.16. The van der Waals surface area contributed by atoms with E-state index in [9.17, 15) is 18.0 Å². The molecule has 0 aliphatic heterocycles. The molecular weight excluding hydrogens is 582 g/mol. The molecule has 8 heteroatoms. The van der Waals surface area contributed by atoms with Gasteiger partial charge >= 0.3 is 0 Å². The molecule has 4 rings (SSSR count). The number of nitrogens with zero attached hydrogens (tertiary/aromatic N) is 2. The van der Waals surface area contributed by atoms with Crippen molar-refractivity contribution in [3.05, 3.63) is 131 Å². The van der Waals surface area contributed by atoms with Gasteiger partial charge in [-0.2, -0.15) is 0 Å². The van der Waals surface area contributed by atoms with Crippen LogP contribution in [0.2, 0.25) is 0 Å². The number of benzene rings is 4. The van der Waals surface area contributed by atoms with Crippen LogP contribution in [0.1, 0.15) is 55.9 Å². The van der Waals surface area contributed by atoms with E-state index in [2.05, 4.69) is 19.2 Å². The van der Waals surface area contributed by atoms with E-state index < -0.39 is 28.5 Å². The topological polar surface area (TPSA) is 86.8 Å². The summed E-state index contributed by atoms with van der Waals surface area (Å²) in [7, 11) is -4.14. The number of sulfonamides is 1. The average Bonchev–Trinajstić information content (AvgIpc) is 3.02. The minimum Gasteiger partial charge on any atom is -0.352 e. The first-order valence-electron chi connectivity index (χ1n) is 15.3. The molecule has 2 amide bonds. The minimum absolute atomic E-state index is 0.0783. The lowest BCUT2D eigenvalue weighted by Gasteiger charge is -2.34. The van der Waals surface area contributed by atoms with Gasteiger partial charge < -0.3 is 10.2 Å². The van der Waals surface area contributed by atoms with Gasteiger partial charge in [0.1, 0.15) is 12.6 Å². The summed E-state index contributed by atoms with van der Waals surface area (Å²) in [5, 5.41) is 2.99. The average molecular weight is 626 g/mol. The zero-order valence-electron chi connectivity index (χ0n) is 26.7. The van der Waals surface area contributed by atoms with Gasteiger partial charge in [-0.05, 0) is 73.2 Å². The van der Waals surface area contributed by atoms with E-state index in [1.54, 1.807) is 30.3 Å². The second-order valence-electron chi connectivity index (χ2n) is 11.9. The van der Waals surface area contributed by atoms with E-state index in [0.717, 1.165) is 26.6 Å². The number of hydrogen-bond donors (Lipinski definition) is 1. The Morgan fingerprint density at radius 2 is 1.33 bits per heavy atom. The summed E-state index contributed by atoms with van der Waals surface area (Å²) in [6.07, 6.45) is 0.269. The monoisotopic (exact) mass is 625 g/mol. The summed E-state index contributed by atoms with van der Waals surface area (Å²) >= 11 is 0. The second-order valence-corrected chi connectivity index (χ2v) is 13.8. The Morgan fingerprint density at radius 1 is 0.756 bits per heavy atom. The van der Waals surface area contributed by atoms with Gasteiger partial charge in [0.2, 0.25) is 11.8 Å². The fourth-order valence-electron chi connectivity index (χ4n) is 5.18. The van der Waals surface area contributed by atoms with Crippen molar-refractivity contribution < 1.29 is 18.0 Å². The minimum atomic E-state index is -4.14. The van der Waals surface area contributed by atoms with Crippen LogP contribution in [0.25, 0.3) is 0 Å². The largest absolute Gasteiger partial charge is 0.352 e. The molecule has 0 heterocycles. The summed E-state index contributed by atoms with van der Waals surface area (Å²) < 4.78 is 29.4. The van der Waals surface area contributed by atoms with Gasteiger partial charge in [-0.15, -0.1) is 0 Å². The maximum Gasteiger partial charge on any atom is 0.264 e. The quantitative estimate of drug-likeness (QED) is 0.184. The molecule has 0 bridgehead atoms. The van der Waals surface area contributed by atoms with Crippen LogP contribution in [-0.2, 0) is 32.6 Å². The third-order valence-corrected chi connectivity index (χ3v) is 9.55. The van der Waals surface area contributed by atoms with Gasteiger partial charge in [-0.25, -0.2) is 8.42 Å². The Bertz CT molecular complexity index is 1670. The molecule has 0 radical (unpaired) electrons.